The number of carbonyl (C=O) groups is 2. The predicted octanol–water partition coefficient (Wildman–Crippen LogP) is 1.34. The van der Waals surface area contributed by atoms with Gasteiger partial charge in [0.25, 0.3) is 5.91 Å². The minimum absolute atomic E-state index is 0.0176. The number of carbonyl (C=O) groups excluding carboxylic acids is 2. The molecule has 0 saturated heterocycles. The second kappa shape index (κ2) is 7.67. The lowest BCUT2D eigenvalue weighted by atomic mass is 9.54. The van der Waals surface area contributed by atoms with E-state index in [1.54, 1.807) is 0 Å². The molecule has 1 aromatic carbocycles. The van der Waals surface area contributed by atoms with Crippen molar-refractivity contribution in [3.05, 3.63) is 35.4 Å². The Labute approximate surface area is 151 Å². The van der Waals surface area contributed by atoms with Gasteiger partial charge in [0.15, 0.2) is 0 Å². The van der Waals surface area contributed by atoms with Crippen molar-refractivity contribution in [1.82, 2.24) is 10.6 Å². The summed E-state index contributed by atoms with van der Waals surface area (Å²) in [5, 5.41) is 5.03. The largest absolute Gasteiger partial charge is 0.378 e. The zero-order chi connectivity index (χ0) is 19.5. The fraction of sp³-hybridized carbons (Fsp3) is 0.556. The van der Waals surface area contributed by atoms with Gasteiger partial charge in [0, 0.05) is 31.5 Å². The predicted molar refractivity (Wildman–Crippen MR) is 92.4 cm³/mol. The molecule has 0 radical (unpaired) electrons. The third kappa shape index (κ3) is 3.57. The number of rotatable bonds is 7. The molecule has 2 amide bonds. The molecule has 1 saturated carbocycles. The van der Waals surface area contributed by atoms with E-state index in [1.165, 1.54) is 6.07 Å². The molecule has 6 nitrogen and oxygen atoms in total. The maximum absolute atomic E-state index is 13.5. The number of ether oxygens (including phenoxy) is 1. The number of benzene rings is 1. The second-order valence-corrected chi connectivity index (χ2v) is 6.95. The first-order valence-electron chi connectivity index (χ1n) is 8.56. The van der Waals surface area contributed by atoms with Crippen LogP contribution in [0.2, 0.25) is 0 Å². The van der Waals surface area contributed by atoms with E-state index >= 15 is 0 Å². The van der Waals surface area contributed by atoms with Crippen molar-refractivity contribution in [2.45, 2.75) is 38.8 Å². The van der Waals surface area contributed by atoms with E-state index in [9.17, 15) is 18.4 Å². The number of halogens is 2. The Bertz CT molecular complexity index is 676. The van der Waals surface area contributed by atoms with Gasteiger partial charge in [0.2, 0.25) is 5.91 Å². The smallest absolute Gasteiger partial charge is 0.257 e. The molecule has 1 aliphatic carbocycles. The molecule has 0 bridgehead atoms. The monoisotopic (exact) mass is 369 g/mol. The lowest BCUT2D eigenvalue weighted by molar-refractivity contribution is -0.170. The summed E-state index contributed by atoms with van der Waals surface area (Å²) in [6.45, 7) is 6.29. The molecule has 0 spiro atoms. The van der Waals surface area contributed by atoms with Crippen molar-refractivity contribution in [3.63, 3.8) is 0 Å². The zero-order valence-corrected chi connectivity index (χ0v) is 15.2. The summed E-state index contributed by atoms with van der Waals surface area (Å²) in [6.07, 6.45) is 0.318. The van der Waals surface area contributed by atoms with Crippen LogP contribution in [0.4, 0.5) is 8.78 Å². The molecule has 0 aromatic heterocycles. The van der Waals surface area contributed by atoms with E-state index < -0.39 is 34.1 Å². The summed E-state index contributed by atoms with van der Waals surface area (Å²) in [4.78, 5) is 24.3. The van der Waals surface area contributed by atoms with Crippen LogP contribution >= 0.6 is 0 Å². The molecular weight excluding hydrogens is 344 g/mol. The molecule has 2 atom stereocenters. The van der Waals surface area contributed by atoms with Crippen molar-refractivity contribution < 1.29 is 23.1 Å². The quantitative estimate of drug-likeness (QED) is 0.633. The average molecular weight is 369 g/mol. The Kier molecular flexibility index (Phi) is 5.98. The Morgan fingerprint density at radius 1 is 1.23 bits per heavy atom. The summed E-state index contributed by atoms with van der Waals surface area (Å²) in [5.41, 5.74) is 4.01. The molecule has 1 aliphatic rings. The first kappa shape index (κ1) is 20.3. The summed E-state index contributed by atoms with van der Waals surface area (Å²) in [5.74, 6) is -3.10. The number of nitrogens with one attached hydrogen (secondary N) is 2. The van der Waals surface area contributed by atoms with E-state index in [2.05, 4.69) is 10.6 Å². The third-order valence-electron chi connectivity index (χ3n) is 5.12. The van der Waals surface area contributed by atoms with Crippen LogP contribution in [0.25, 0.3) is 0 Å². The molecule has 26 heavy (non-hydrogen) atoms. The molecule has 0 heterocycles. The minimum Gasteiger partial charge on any atom is -0.378 e. The van der Waals surface area contributed by atoms with Gasteiger partial charge >= 0.3 is 0 Å². The van der Waals surface area contributed by atoms with Gasteiger partial charge in [-0.1, -0.05) is 19.9 Å². The zero-order valence-electron chi connectivity index (χ0n) is 15.2. The Hall–Kier alpha value is -2.06. The molecule has 8 heteroatoms. The molecule has 2 rings (SSSR count). The van der Waals surface area contributed by atoms with Crippen LogP contribution in [-0.2, 0) is 9.53 Å². The Morgan fingerprint density at radius 2 is 1.81 bits per heavy atom. The van der Waals surface area contributed by atoms with Crippen molar-refractivity contribution in [2.75, 3.05) is 19.7 Å². The number of amides is 2. The highest BCUT2D eigenvalue weighted by molar-refractivity contribution is 5.94. The standard InChI is InChI=1S/C18H25F2N3O3/c1-4-26-13-10-18(21,17(13,2)3)16(25)23-9-8-22-15(24)14-11(19)6-5-7-12(14)20/h5-7,13H,4,8-10,21H2,1-3H3,(H,22,24)(H,23,25). The lowest BCUT2D eigenvalue weighted by Gasteiger charge is -2.57. The van der Waals surface area contributed by atoms with Crippen molar-refractivity contribution in [3.8, 4) is 0 Å². The molecule has 0 aliphatic heterocycles. The maximum Gasteiger partial charge on any atom is 0.257 e. The second-order valence-electron chi connectivity index (χ2n) is 6.95. The summed E-state index contributed by atoms with van der Waals surface area (Å²) in [6, 6.07) is 3.19. The highest BCUT2D eigenvalue weighted by Crippen LogP contribution is 2.49. The molecule has 4 N–H and O–H groups in total. The van der Waals surface area contributed by atoms with Crippen LogP contribution in [0.15, 0.2) is 18.2 Å². The van der Waals surface area contributed by atoms with Crippen LogP contribution in [-0.4, -0.2) is 43.2 Å². The summed E-state index contributed by atoms with van der Waals surface area (Å²) in [7, 11) is 0. The van der Waals surface area contributed by atoms with Gasteiger partial charge in [-0.3, -0.25) is 9.59 Å². The van der Waals surface area contributed by atoms with Crippen LogP contribution in [0, 0.1) is 17.0 Å². The van der Waals surface area contributed by atoms with E-state index in [0.29, 0.717) is 13.0 Å². The number of hydrogen-bond acceptors (Lipinski definition) is 4. The van der Waals surface area contributed by atoms with Gasteiger partial charge in [-0.25, -0.2) is 8.78 Å². The molecule has 1 aromatic rings. The highest BCUT2D eigenvalue weighted by Gasteiger charge is 2.62. The lowest BCUT2D eigenvalue weighted by Crippen LogP contribution is -2.75. The van der Waals surface area contributed by atoms with E-state index in [0.717, 1.165) is 12.1 Å². The highest BCUT2D eigenvalue weighted by atomic mass is 19.1. The first-order valence-corrected chi connectivity index (χ1v) is 8.56. The van der Waals surface area contributed by atoms with Gasteiger partial charge in [-0.05, 0) is 19.1 Å². The Morgan fingerprint density at radius 3 is 2.35 bits per heavy atom. The van der Waals surface area contributed by atoms with Crippen LogP contribution in [0.5, 0.6) is 0 Å². The van der Waals surface area contributed by atoms with E-state index in [4.69, 9.17) is 10.5 Å². The molecule has 2 unspecified atom stereocenters. The average Bonchev–Trinajstić information content (AvgIpc) is 2.58. The van der Waals surface area contributed by atoms with Crippen LogP contribution < -0.4 is 16.4 Å². The normalized spacial score (nSPS) is 23.8. The van der Waals surface area contributed by atoms with E-state index in [-0.39, 0.29) is 25.1 Å². The van der Waals surface area contributed by atoms with Gasteiger partial charge in [0.05, 0.1) is 6.10 Å². The van der Waals surface area contributed by atoms with Crippen LogP contribution in [0.1, 0.15) is 37.6 Å². The van der Waals surface area contributed by atoms with Gasteiger partial charge < -0.3 is 21.1 Å². The molecular formula is C18H25F2N3O3. The maximum atomic E-state index is 13.5. The van der Waals surface area contributed by atoms with Crippen molar-refractivity contribution in [2.24, 2.45) is 11.1 Å². The Balaban J connectivity index is 1.83. The number of hydrogen-bond donors (Lipinski definition) is 3. The fourth-order valence-electron chi connectivity index (χ4n) is 3.13. The molecule has 144 valence electrons. The topological polar surface area (TPSA) is 93.4 Å². The summed E-state index contributed by atoms with van der Waals surface area (Å²) >= 11 is 0. The van der Waals surface area contributed by atoms with Gasteiger partial charge in [0.1, 0.15) is 22.7 Å². The molecule has 1 fully saturated rings. The minimum atomic E-state index is -1.06. The SMILES string of the molecule is CCOC1CC(N)(C(=O)NCCNC(=O)c2c(F)cccc2F)C1(C)C. The first-order chi connectivity index (χ1) is 12.1. The fourth-order valence-corrected chi connectivity index (χ4v) is 3.13. The summed E-state index contributed by atoms with van der Waals surface area (Å²) < 4.78 is 32.6. The van der Waals surface area contributed by atoms with Crippen LogP contribution in [0.3, 0.4) is 0 Å². The van der Waals surface area contributed by atoms with Gasteiger partial charge in [-0.15, -0.1) is 0 Å². The van der Waals surface area contributed by atoms with Gasteiger partial charge in [-0.2, -0.15) is 0 Å². The van der Waals surface area contributed by atoms with Crippen molar-refractivity contribution in [1.29, 1.82) is 0 Å². The van der Waals surface area contributed by atoms with E-state index in [1.807, 2.05) is 20.8 Å². The van der Waals surface area contributed by atoms with Crippen molar-refractivity contribution >= 4 is 11.8 Å². The third-order valence-corrected chi connectivity index (χ3v) is 5.12. The number of nitrogens with two attached hydrogens (primary N) is 1.